The zero-order chi connectivity index (χ0) is 15.5. The van der Waals surface area contributed by atoms with Crippen molar-refractivity contribution in [3.63, 3.8) is 0 Å². The fourth-order valence-electron chi connectivity index (χ4n) is 2.12. The summed E-state index contributed by atoms with van der Waals surface area (Å²) in [5.74, 6) is 1.60. The Morgan fingerprint density at radius 2 is 1.95 bits per heavy atom. The molecule has 0 spiro atoms. The van der Waals surface area contributed by atoms with E-state index < -0.39 is 0 Å². The number of nitrogens with zero attached hydrogens (tertiary/aromatic N) is 5. The van der Waals surface area contributed by atoms with Gasteiger partial charge in [0.2, 0.25) is 0 Å². The van der Waals surface area contributed by atoms with Crippen molar-refractivity contribution in [2.75, 3.05) is 0 Å². The van der Waals surface area contributed by atoms with Gasteiger partial charge >= 0.3 is 0 Å². The molecule has 0 aliphatic heterocycles. The van der Waals surface area contributed by atoms with Crippen molar-refractivity contribution in [3.8, 4) is 11.5 Å². The zero-order valence-electron chi connectivity index (χ0n) is 12.8. The predicted molar refractivity (Wildman–Crippen MR) is 87.5 cm³/mol. The molecule has 0 aliphatic rings. The van der Waals surface area contributed by atoms with Gasteiger partial charge in [-0.15, -0.1) is 10.2 Å². The Kier molecular flexibility index (Phi) is 4.20. The predicted octanol–water partition coefficient (Wildman–Crippen LogP) is 3.18. The molecule has 0 amide bonds. The number of rotatable bonds is 4. The minimum absolute atomic E-state index is 0.732. The maximum Gasteiger partial charge on any atom is 0.191 e. The van der Waals surface area contributed by atoms with Gasteiger partial charge in [-0.2, -0.15) is 0 Å². The molecule has 2 heterocycles. The zero-order valence-corrected chi connectivity index (χ0v) is 13.6. The molecule has 6 heteroatoms. The number of thioether (sulfide) groups is 1. The van der Waals surface area contributed by atoms with Crippen LogP contribution in [0.1, 0.15) is 16.7 Å². The van der Waals surface area contributed by atoms with Crippen LogP contribution in [0.15, 0.2) is 41.9 Å². The van der Waals surface area contributed by atoms with Gasteiger partial charge in [-0.1, -0.05) is 30.0 Å². The molecule has 3 rings (SSSR count). The van der Waals surface area contributed by atoms with Crippen LogP contribution < -0.4 is 0 Å². The average molecular weight is 311 g/mol. The van der Waals surface area contributed by atoms with Crippen LogP contribution >= 0.6 is 11.8 Å². The van der Waals surface area contributed by atoms with Crippen molar-refractivity contribution in [2.24, 2.45) is 7.05 Å². The molecular weight excluding hydrogens is 294 g/mol. The molecule has 3 aromatic rings. The van der Waals surface area contributed by atoms with Gasteiger partial charge in [0.1, 0.15) is 5.69 Å². The molecular formula is C16H17N5S. The molecule has 0 N–H and O–H groups in total. The quantitative estimate of drug-likeness (QED) is 0.693. The van der Waals surface area contributed by atoms with Crippen LogP contribution in [-0.4, -0.2) is 24.7 Å². The smallest absolute Gasteiger partial charge is 0.191 e. The topological polar surface area (TPSA) is 56.5 Å². The lowest BCUT2D eigenvalue weighted by molar-refractivity contribution is 0.791. The van der Waals surface area contributed by atoms with E-state index in [4.69, 9.17) is 0 Å². The third kappa shape index (κ3) is 3.01. The lowest BCUT2D eigenvalue weighted by atomic mass is 10.1. The molecule has 0 radical (unpaired) electrons. The van der Waals surface area contributed by atoms with E-state index in [-0.39, 0.29) is 0 Å². The maximum absolute atomic E-state index is 4.27. The van der Waals surface area contributed by atoms with Crippen molar-refractivity contribution in [1.82, 2.24) is 24.7 Å². The van der Waals surface area contributed by atoms with Crippen molar-refractivity contribution in [2.45, 2.75) is 24.8 Å². The first-order valence-corrected chi connectivity index (χ1v) is 7.98. The minimum Gasteiger partial charge on any atom is -0.304 e. The second-order valence-corrected chi connectivity index (χ2v) is 6.11. The standard InChI is InChI=1S/C16H17N5S/c1-11-4-5-13(8-12(11)2)10-22-16-20-19-15(21(16)3)14-9-17-6-7-18-14/h4-9H,10H2,1-3H3. The molecule has 0 atom stereocenters. The lowest BCUT2D eigenvalue weighted by Gasteiger charge is -2.05. The highest BCUT2D eigenvalue weighted by molar-refractivity contribution is 7.98. The second kappa shape index (κ2) is 6.27. The van der Waals surface area contributed by atoms with Gasteiger partial charge in [-0.3, -0.25) is 4.98 Å². The van der Waals surface area contributed by atoms with E-state index in [1.165, 1.54) is 16.7 Å². The van der Waals surface area contributed by atoms with Gasteiger partial charge in [0.05, 0.1) is 6.20 Å². The van der Waals surface area contributed by atoms with E-state index in [9.17, 15) is 0 Å². The maximum atomic E-state index is 4.27. The Labute approximate surface area is 133 Å². The summed E-state index contributed by atoms with van der Waals surface area (Å²) in [6.07, 6.45) is 5.00. The van der Waals surface area contributed by atoms with Crippen molar-refractivity contribution in [3.05, 3.63) is 53.5 Å². The number of hydrogen-bond donors (Lipinski definition) is 0. The van der Waals surface area contributed by atoms with Crippen molar-refractivity contribution < 1.29 is 0 Å². The van der Waals surface area contributed by atoms with E-state index >= 15 is 0 Å². The van der Waals surface area contributed by atoms with Crippen LogP contribution in [0.5, 0.6) is 0 Å². The third-order valence-electron chi connectivity index (χ3n) is 3.57. The van der Waals surface area contributed by atoms with E-state index in [1.807, 2.05) is 11.6 Å². The number of hydrogen-bond acceptors (Lipinski definition) is 5. The molecule has 0 bridgehead atoms. The van der Waals surface area contributed by atoms with Gasteiger partial charge in [0, 0.05) is 25.2 Å². The highest BCUT2D eigenvalue weighted by atomic mass is 32.2. The molecule has 2 aromatic heterocycles. The first-order chi connectivity index (χ1) is 10.6. The van der Waals surface area contributed by atoms with Crippen LogP contribution in [0.2, 0.25) is 0 Å². The first kappa shape index (κ1) is 14.7. The summed E-state index contributed by atoms with van der Waals surface area (Å²) in [6.45, 7) is 4.26. The van der Waals surface area contributed by atoms with Gasteiger partial charge in [-0.05, 0) is 30.5 Å². The second-order valence-electron chi connectivity index (χ2n) is 5.16. The molecule has 0 unspecified atom stereocenters. The van der Waals surface area contributed by atoms with Gasteiger partial charge in [-0.25, -0.2) is 4.98 Å². The molecule has 22 heavy (non-hydrogen) atoms. The molecule has 0 aliphatic carbocycles. The Hall–Kier alpha value is -2.21. The van der Waals surface area contributed by atoms with Crippen LogP contribution in [0.3, 0.4) is 0 Å². The van der Waals surface area contributed by atoms with Crippen molar-refractivity contribution in [1.29, 1.82) is 0 Å². The van der Waals surface area contributed by atoms with Crippen LogP contribution in [0, 0.1) is 13.8 Å². The largest absolute Gasteiger partial charge is 0.304 e. The van der Waals surface area contributed by atoms with Crippen molar-refractivity contribution >= 4 is 11.8 Å². The number of benzene rings is 1. The summed E-state index contributed by atoms with van der Waals surface area (Å²) in [6, 6.07) is 6.55. The number of aryl methyl sites for hydroxylation is 2. The normalized spacial score (nSPS) is 10.9. The summed E-state index contributed by atoms with van der Waals surface area (Å²) < 4.78 is 1.95. The molecule has 0 fully saturated rings. The molecule has 5 nitrogen and oxygen atoms in total. The fourth-order valence-corrected chi connectivity index (χ4v) is 2.97. The Morgan fingerprint density at radius 3 is 2.68 bits per heavy atom. The van der Waals surface area contributed by atoms with Gasteiger partial charge in [0.15, 0.2) is 11.0 Å². The van der Waals surface area contributed by atoms with Gasteiger partial charge in [0.25, 0.3) is 0 Å². The highest BCUT2D eigenvalue weighted by Gasteiger charge is 2.12. The Balaban J connectivity index is 1.76. The molecule has 1 aromatic carbocycles. The molecule has 0 saturated carbocycles. The summed E-state index contributed by atoms with van der Waals surface area (Å²) in [4.78, 5) is 8.34. The van der Waals surface area contributed by atoms with Crippen LogP contribution in [0.4, 0.5) is 0 Å². The highest BCUT2D eigenvalue weighted by Crippen LogP contribution is 2.24. The SMILES string of the molecule is Cc1ccc(CSc2nnc(-c3cnccn3)n2C)cc1C. The summed E-state index contributed by atoms with van der Waals surface area (Å²) in [5, 5.41) is 9.35. The third-order valence-corrected chi connectivity index (χ3v) is 4.66. The fraction of sp³-hybridized carbons (Fsp3) is 0.250. The average Bonchev–Trinajstić information content (AvgIpc) is 2.90. The number of aromatic nitrogens is 5. The summed E-state index contributed by atoms with van der Waals surface area (Å²) in [7, 11) is 1.95. The minimum atomic E-state index is 0.732. The summed E-state index contributed by atoms with van der Waals surface area (Å²) in [5.41, 5.74) is 4.65. The molecule has 112 valence electrons. The van der Waals surface area contributed by atoms with E-state index in [0.29, 0.717) is 0 Å². The van der Waals surface area contributed by atoms with E-state index in [2.05, 4.69) is 52.2 Å². The Bertz CT molecular complexity index is 782. The van der Waals surface area contributed by atoms with Gasteiger partial charge < -0.3 is 4.57 Å². The van der Waals surface area contributed by atoms with Crippen LogP contribution in [0.25, 0.3) is 11.5 Å². The van der Waals surface area contributed by atoms with E-state index in [0.717, 1.165) is 22.4 Å². The molecule has 0 saturated heterocycles. The van der Waals surface area contributed by atoms with E-state index in [1.54, 1.807) is 30.4 Å². The monoisotopic (exact) mass is 311 g/mol. The summed E-state index contributed by atoms with van der Waals surface area (Å²) >= 11 is 1.67. The lowest BCUT2D eigenvalue weighted by Crippen LogP contribution is -1.97. The first-order valence-electron chi connectivity index (χ1n) is 7.00. The Morgan fingerprint density at radius 1 is 1.09 bits per heavy atom. The van der Waals surface area contributed by atoms with Crippen LogP contribution in [-0.2, 0) is 12.8 Å².